The predicted octanol–water partition coefficient (Wildman–Crippen LogP) is 2.68. The third kappa shape index (κ3) is 7.29. The standard InChI is InChI=1S/C21H31N3O5/c1-22(20(27)24-12-8-3-4-9-13-24)14-15-23(2)21(28)29-18(19(25)26)16-17-10-6-5-7-11-17/h5-7,10-11,18H,3-4,8-9,12-16H2,1-2H3,(H,25,26). The first kappa shape index (κ1) is 22.5. The second kappa shape index (κ2) is 11.3. The number of likely N-dealkylation sites (N-methyl/N-ethyl adjacent to an activating group) is 2. The Hall–Kier alpha value is -2.77. The molecule has 0 spiro atoms. The molecule has 8 nitrogen and oxygen atoms in total. The number of carbonyl (C=O) groups is 3. The predicted molar refractivity (Wildman–Crippen MR) is 109 cm³/mol. The van der Waals surface area contributed by atoms with Crippen LogP contribution in [0.3, 0.4) is 0 Å². The summed E-state index contributed by atoms with van der Waals surface area (Å²) in [7, 11) is 3.25. The van der Waals surface area contributed by atoms with Crippen LogP contribution in [0.25, 0.3) is 0 Å². The van der Waals surface area contributed by atoms with Gasteiger partial charge < -0.3 is 24.5 Å². The van der Waals surface area contributed by atoms with Gasteiger partial charge in [0.1, 0.15) is 0 Å². The number of carbonyl (C=O) groups excluding carboxylic acids is 2. The topological polar surface area (TPSA) is 90.4 Å². The fourth-order valence-corrected chi connectivity index (χ4v) is 3.21. The van der Waals surface area contributed by atoms with E-state index in [0.717, 1.165) is 44.3 Å². The maximum Gasteiger partial charge on any atom is 0.410 e. The van der Waals surface area contributed by atoms with E-state index in [1.807, 2.05) is 11.0 Å². The van der Waals surface area contributed by atoms with E-state index in [9.17, 15) is 19.5 Å². The number of hydrogen-bond donors (Lipinski definition) is 1. The monoisotopic (exact) mass is 405 g/mol. The van der Waals surface area contributed by atoms with Crippen LogP contribution in [0.5, 0.6) is 0 Å². The molecule has 29 heavy (non-hydrogen) atoms. The summed E-state index contributed by atoms with van der Waals surface area (Å²) >= 11 is 0. The average molecular weight is 405 g/mol. The number of urea groups is 1. The van der Waals surface area contributed by atoms with Gasteiger partial charge >= 0.3 is 18.1 Å². The minimum Gasteiger partial charge on any atom is -0.478 e. The van der Waals surface area contributed by atoms with Crippen molar-refractivity contribution in [1.82, 2.24) is 14.7 Å². The van der Waals surface area contributed by atoms with E-state index in [-0.39, 0.29) is 19.0 Å². The first-order valence-electron chi connectivity index (χ1n) is 10.1. The molecule has 1 aromatic carbocycles. The van der Waals surface area contributed by atoms with E-state index in [4.69, 9.17) is 4.74 Å². The molecule has 0 aliphatic carbocycles. The van der Waals surface area contributed by atoms with Gasteiger partial charge in [0.2, 0.25) is 6.10 Å². The molecule has 1 aliphatic rings. The summed E-state index contributed by atoms with van der Waals surface area (Å²) in [5.41, 5.74) is 0.776. The fraction of sp³-hybridized carbons (Fsp3) is 0.571. The van der Waals surface area contributed by atoms with Gasteiger partial charge in [0.15, 0.2) is 0 Å². The van der Waals surface area contributed by atoms with Gasteiger partial charge in [-0.2, -0.15) is 0 Å². The molecule has 160 valence electrons. The van der Waals surface area contributed by atoms with Crippen LogP contribution in [0, 0.1) is 0 Å². The van der Waals surface area contributed by atoms with Crippen molar-refractivity contribution < 1.29 is 24.2 Å². The van der Waals surface area contributed by atoms with E-state index >= 15 is 0 Å². The Kier molecular flexibility index (Phi) is 8.76. The molecule has 1 aliphatic heterocycles. The lowest BCUT2D eigenvalue weighted by Crippen LogP contribution is -2.45. The number of likely N-dealkylation sites (tertiary alicyclic amines) is 1. The van der Waals surface area contributed by atoms with Crippen LogP contribution in [-0.4, -0.2) is 84.3 Å². The highest BCUT2D eigenvalue weighted by molar-refractivity contribution is 5.77. The van der Waals surface area contributed by atoms with Gasteiger partial charge in [-0.1, -0.05) is 43.2 Å². The highest BCUT2D eigenvalue weighted by atomic mass is 16.6. The molecule has 1 saturated heterocycles. The van der Waals surface area contributed by atoms with Crippen molar-refractivity contribution in [3.63, 3.8) is 0 Å². The molecule has 0 radical (unpaired) electrons. The van der Waals surface area contributed by atoms with Crippen LogP contribution >= 0.6 is 0 Å². The van der Waals surface area contributed by atoms with Gasteiger partial charge in [-0.05, 0) is 18.4 Å². The van der Waals surface area contributed by atoms with Crippen molar-refractivity contribution in [2.75, 3.05) is 40.3 Å². The molecule has 0 saturated carbocycles. The number of hydrogen-bond acceptors (Lipinski definition) is 4. The lowest BCUT2D eigenvalue weighted by atomic mass is 10.1. The lowest BCUT2D eigenvalue weighted by molar-refractivity contribution is -0.147. The number of nitrogens with zero attached hydrogens (tertiary/aromatic N) is 3. The highest BCUT2D eigenvalue weighted by Crippen LogP contribution is 2.12. The van der Waals surface area contributed by atoms with Crippen LogP contribution in [0.1, 0.15) is 31.2 Å². The van der Waals surface area contributed by atoms with Gasteiger partial charge in [0.05, 0.1) is 0 Å². The Morgan fingerprint density at radius 2 is 1.59 bits per heavy atom. The molecular formula is C21H31N3O5. The maximum absolute atomic E-state index is 12.5. The molecule has 0 aromatic heterocycles. The normalized spacial score (nSPS) is 15.2. The van der Waals surface area contributed by atoms with Crippen molar-refractivity contribution in [2.24, 2.45) is 0 Å². The van der Waals surface area contributed by atoms with Gasteiger partial charge in [0, 0.05) is 46.7 Å². The number of rotatable bonds is 7. The summed E-state index contributed by atoms with van der Waals surface area (Å²) < 4.78 is 5.18. The third-order valence-electron chi connectivity index (χ3n) is 5.07. The van der Waals surface area contributed by atoms with E-state index in [1.54, 1.807) is 36.2 Å². The lowest BCUT2D eigenvalue weighted by Gasteiger charge is -2.28. The van der Waals surface area contributed by atoms with Gasteiger partial charge in [-0.25, -0.2) is 14.4 Å². The molecule has 2 rings (SSSR count). The molecule has 1 atom stereocenters. The molecule has 0 bridgehead atoms. The molecule has 8 heteroatoms. The second-order valence-corrected chi connectivity index (χ2v) is 7.43. The Balaban J connectivity index is 1.82. The number of carboxylic acids is 1. The number of carboxylic acid groups (broad SMARTS) is 1. The fourth-order valence-electron chi connectivity index (χ4n) is 3.21. The summed E-state index contributed by atoms with van der Waals surface area (Å²) in [6.45, 7) is 2.13. The number of aliphatic carboxylic acids is 1. The van der Waals surface area contributed by atoms with Crippen molar-refractivity contribution in [1.29, 1.82) is 0 Å². The van der Waals surface area contributed by atoms with E-state index < -0.39 is 18.2 Å². The van der Waals surface area contributed by atoms with Crippen molar-refractivity contribution in [3.8, 4) is 0 Å². The molecule has 3 amide bonds. The van der Waals surface area contributed by atoms with Gasteiger partial charge in [0.25, 0.3) is 0 Å². The van der Waals surface area contributed by atoms with E-state index in [1.165, 1.54) is 11.9 Å². The Morgan fingerprint density at radius 1 is 1.00 bits per heavy atom. The summed E-state index contributed by atoms with van der Waals surface area (Å²) in [4.78, 5) is 41.1. The minimum atomic E-state index is -1.26. The summed E-state index contributed by atoms with van der Waals surface area (Å²) in [5.74, 6) is -1.19. The smallest absolute Gasteiger partial charge is 0.410 e. The zero-order valence-electron chi connectivity index (χ0n) is 17.2. The first-order chi connectivity index (χ1) is 13.9. The molecular weight excluding hydrogens is 374 g/mol. The van der Waals surface area contributed by atoms with E-state index in [0.29, 0.717) is 6.54 Å². The molecule has 1 N–H and O–H groups in total. The van der Waals surface area contributed by atoms with Crippen LogP contribution < -0.4 is 0 Å². The van der Waals surface area contributed by atoms with Crippen LogP contribution in [0.15, 0.2) is 30.3 Å². The number of amides is 3. The van der Waals surface area contributed by atoms with Crippen LogP contribution in [0.4, 0.5) is 9.59 Å². The van der Waals surface area contributed by atoms with Crippen molar-refractivity contribution in [2.45, 2.75) is 38.2 Å². The Morgan fingerprint density at radius 3 is 2.17 bits per heavy atom. The molecule has 1 fully saturated rings. The summed E-state index contributed by atoms with van der Waals surface area (Å²) in [5, 5.41) is 9.37. The largest absolute Gasteiger partial charge is 0.478 e. The highest BCUT2D eigenvalue weighted by Gasteiger charge is 2.25. The van der Waals surface area contributed by atoms with Gasteiger partial charge in [-0.15, -0.1) is 0 Å². The number of benzene rings is 1. The molecule has 1 aromatic rings. The third-order valence-corrected chi connectivity index (χ3v) is 5.07. The SMILES string of the molecule is CN(CCN(C)C(=O)N1CCCCCC1)C(=O)OC(Cc1ccccc1)C(=O)O. The van der Waals surface area contributed by atoms with E-state index in [2.05, 4.69) is 0 Å². The zero-order chi connectivity index (χ0) is 21.2. The number of ether oxygens (including phenoxy) is 1. The van der Waals surface area contributed by atoms with Gasteiger partial charge in [-0.3, -0.25) is 0 Å². The summed E-state index contributed by atoms with van der Waals surface area (Å²) in [6.07, 6.45) is 2.45. The molecule has 1 unspecified atom stereocenters. The zero-order valence-corrected chi connectivity index (χ0v) is 17.2. The minimum absolute atomic E-state index is 0.0406. The molecule has 1 heterocycles. The maximum atomic E-state index is 12.5. The first-order valence-corrected chi connectivity index (χ1v) is 10.1. The Bertz CT molecular complexity index is 674. The van der Waals surface area contributed by atoms with Crippen LogP contribution in [0.2, 0.25) is 0 Å². The summed E-state index contributed by atoms with van der Waals surface area (Å²) in [6, 6.07) is 8.98. The second-order valence-electron chi connectivity index (χ2n) is 7.43. The quantitative estimate of drug-likeness (QED) is 0.753. The Labute approximate surface area is 172 Å². The van der Waals surface area contributed by atoms with Crippen LogP contribution in [-0.2, 0) is 16.0 Å². The van der Waals surface area contributed by atoms with Crippen molar-refractivity contribution >= 4 is 18.1 Å². The average Bonchev–Trinajstić information content (AvgIpc) is 3.00. The van der Waals surface area contributed by atoms with Crippen molar-refractivity contribution in [3.05, 3.63) is 35.9 Å².